The number of carbonyl (C=O) groups is 2. The van der Waals surface area contributed by atoms with Crippen LogP contribution in [0, 0.1) is 0 Å². The number of esters is 2. The molecule has 77 heavy (non-hydrogen) atoms. The van der Waals surface area contributed by atoms with Crippen molar-refractivity contribution in [3.8, 4) is 5.75 Å². The summed E-state index contributed by atoms with van der Waals surface area (Å²) in [5.74, 6) is -0.734. The maximum Gasteiger partial charge on any atom is 0.338 e. The second kappa shape index (κ2) is 28.3. The van der Waals surface area contributed by atoms with Crippen molar-refractivity contribution in [3.05, 3.63) is 245 Å². The molecule has 2 fully saturated rings. The molecular formula is C63H64O14. The molecule has 400 valence electrons. The van der Waals surface area contributed by atoms with Crippen LogP contribution in [0.3, 0.4) is 0 Å². The third-order valence-corrected chi connectivity index (χ3v) is 13.2. The van der Waals surface area contributed by atoms with Gasteiger partial charge in [0.2, 0.25) is 0 Å². The molecule has 0 bridgehead atoms. The van der Waals surface area contributed by atoms with E-state index in [0.29, 0.717) is 5.75 Å². The molecule has 2 saturated heterocycles. The van der Waals surface area contributed by atoms with E-state index in [1.807, 2.05) is 146 Å². The molecule has 0 aliphatic carbocycles. The molecule has 0 amide bonds. The van der Waals surface area contributed by atoms with Crippen molar-refractivity contribution in [2.45, 2.75) is 94.4 Å². The molecule has 0 unspecified atom stereocenters. The van der Waals surface area contributed by atoms with Crippen LogP contribution in [0.15, 0.2) is 206 Å². The molecule has 0 aromatic heterocycles. The van der Waals surface area contributed by atoms with Gasteiger partial charge in [0.15, 0.2) is 24.8 Å². The Kier molecular flexibility index (Phi) is 20.1. The lowest BCUT2D eigenvalue weighted by atomic mass is 9.95. The molecule has 10 atom stereocenters. The zero-order valence-electron chi connectivity index (χ0n) is 43.1. The molecular weight excluding hydrogens is 981 g/mol. The average Bonchev–Trinajstić information content (AvgIpc) is 3.49. The minimum absolute atomic E-state index is 0.0376. The smallest absolute Gasteiger partial charge is 0.338 e. The number of ether oxygens (including phenoxy) is 12. The van der Waals surface area contributed by atoms with Crippen molar-refractivity contribution < 1.29 is 66.4 Å². The van der Waals surface area contributed by atoms with Crippen molar-refractivity contribution in [2.24, 2.45) is 0 Å². The zero-order valence-corrected chi connectivity index (χ0v) is 43.1. The maximum absolute atomic E-state index is 14.5. The third kappa shape index (κ3) is 15.3. The second-order valence-electron chi connectivity index (χ2n) is 18.5. The third-order valence-electron chi connectivity index (χ3n) is 13.2. The standard InChI is InChI=1S/C63H64O14/c1-66-51-35-33-48(34-36-51)38-69-43-53-55(57(75-60(64)49-29-17-7-18-30-49)59(62(67-2)73-53)76-61(65)50-31-19-8-20-32-50)77-63-58(72-41-47-27-15-6-16-28-47)56(71-40-46-25-13-5-14-26-46)54(70-39-45-23-11-4-12-24-45)52(74-63)42-68-37-44-21-9-3-10-22-44/h3-36,52-59,62-63H,37-43H2,1-2H3/t52-,53-,54-,55-,56+,57+,58-,59-,62-,63-/m1/s1. The number of hydrogen-bond acceptors (Lipinski definition) is 14. The lowest BCUT2D eigenvalue weighted by Gasteiger charge is -2.49. The van der Waals surface area contributed by atoms with Crippen molar-refractivity contribution in [1.29, 1.82) is 0 Å². The summed E-state index contributed by atoms with van der Waals surface area (Å²) in [7, 11) is 3.02. The lowest BCUT2D eigenvalue weighted by Crippen LogP contribution is -2.66. The predicted molar refractivity (Wildman–Crippen MR) is 284 cm³/mol. The van der Waals surface area contributed by atoms with Crippen LogP contribution in [0.1, 0.15) is 48.5 Å². The van der Waals surface area contributed by atoms with E-state index in [1.165, 1.54) is 7.11 Å². The van der Waals surface area contributed by atoms with Crippen LogP contribution in [-0.4, -0.2) is 101 Å². The van der Waals surface area contributed by atoms with E-state index in [2.05, 4.69) is 0 Å². The van der Waals surface area contributed by atoms with Gasteiger partial charge in [0.05, 0.1) is 64.5 Å². The number of hydrogen-bond donors (Lipinski definition) is 0. The molecule has 0 radical (unpaired) electrons. The number of rotatable bonds is 25. The Morgan fingerprint density at radius 2 is 0.753 bits per heavy atom. The molecule has 14 heteroatoms. The van der Waals surface area contributed by atoms with Crippen LogP contribution in [0.5, 0.6) is 5.75 Å². The quantitative estimate of drug-likeness (QED) is 0.0501. The molecule has 9 rings (SSSR count). The van der Waals surface area contributed by atoms with E-state index >= 15 is 0 Å². The normalized spacial score (nSPS) is 23.1. The van der Waals surface area contributed by atoms with Gasteiger partial charge in [-0.25, -0.2) is 9.59 Å². The van der Waals surface area contributed by atoms with Gasteiger partial charge in [-0.3, -0.25) is 0 Å². The van der Waals surface area contributed by atoms with Crippen LogP contribution in [0.2, 0.25) is 0 Å². The Bertz CT molecular complexity index is 2810. The largest absolute Gasteiger partial charge is 0.497 e. The van der Waals surface area contributed by atoms with E-state index in [0.717, 1.165) is 27.8 Å². The first-order valence-corrected chi connectivity index (χ1v) is 25.7. The Labute approximate surface area is 449 Å². The predicted octanol–water partition coefficient (Wildman–Crippen LogP) is 10.1. The van der Waals surface area contributed by atoms with E-state index in [-0.39, 0.29) is 57.4 Å². The number of benzene rings is 7. The Balaban J connectivity index is 1.13. The minimum Gasteiger partial charge on any atom is -0.497 e. The summed E-state index contributed by atoms with van der Waals surface area (Å²) in [4.78, 5) is 28.6. The zero-order chi connectivity index (χ0) is 53.0. The molecule has 2 aliphatic heterocycles. The summed E-state index contributed by atoms with van der Waals surface area (Å²) in [6, 6.07) is 63.7. The fourth-order valence-corrected chi connectivity index (χ4v) is 9.18. The van der Waals surface area contributed by atoms with E-state index < -0.39 is 73.4 Å². The second-order valence-corrected chi connectivity index (χ2v) is 18.5. The van der Waals surface area contributed by atoms with Gasteiger partial charge in [-0.05, 0) is 64.2 Å². The minimum atomic E-state index is -1.41. The summed E-state index contributed by atoms with van der Waals surface area (Å²) in [6.07, 6.45) is -11.3. The number of carbonyl (C=O) groups excluding carboxylic acids is 2. The first-order valence-electron chi connectivity index (χ1n) is 25.7. The van der Waals surface area contributed by atoms with Crippen LogP contribution < -0.4 is 4.74 Å². The fourth-order valence-electron chi connectivity index (χ4n) is 9.18. The van der Waals surface area contributed by atoms with Gasteiger partial charge < -0.3 is 56.8 Å². The summed E-state index contributed by atoms with van der Waals surface area (Å²) >= 11 is 0. The maximum atomic E-state index is 14.5. The van der Waals surface area contributed by atoms with Crippen LogP contribution >= 0.6 is 0 Å². The highest BCUT2D eigenvalue weighted by Gasteiger charge is 2.56. The molecule has 2 heterocycles. The van der Waals surface area contributed by atoms with Crippen molar-refractivity contribution in [3.63, 3.8) is 0 Å². The van der Waals surface area contributed by atoms with Gasteiger partial charge in [-0.15, -0.1) is 0 Å². The van der Waals surface area contributed by atoms with Crippen molar-refractivity contribution >= 4 is 11.9 Å². The molecule has 0 spiro atoms. The summed E-state index contributed by atoms with van der Waals surface area (Å²) in [6.45, 7) is 0.856. The van der Waals surface area contributed by atoms with Gasteiger partial charge in [0.25, 0.3) is 0 Å². The molecule has 7 aromatic carbocycles. The molecule has 14 nitrogen and oxygen atoms in total. The van der Waals surface area contributed by atoms with Gasteiger partial charge in [-0.2, -0.15) is 0 Å². The van der Waals surface area contributed by atoms with Gasteiger partial charge in [0.1, 0.15) is 42.4 Å². The highest BCUT2D eigenvalue weighted by Crippen LogP contribution is 2.37. The van der Waals surface area contributed by atoms with Gasteiger partial charge >= 0.3 is 11.9 Å². The van der Waals surface area contributed by atoms with Crippen molar-refractivity contribution in [2.75, 3.05) is 27.4 Å². The highest BCUT2D eigenvalue weighted by molar-refractivity contribution is 5.90. The average molecular weight is 1050 g/mol. The van der Waals surface area contributed by atoms with Crippen molar-refractivity contribution in [1.82, 2.24) is 0 Å². The Morgan fingerprint density at radius 1 is 0.377 bits per heavy atom. The Morgan fingerprint density at radius 3 is 1.21 bits per heavy atom. The highest BCUT2D eigenvalue weighted by atomic mass is 16.8. The monoisotopic (exact) mass is 1040 g/mol. The van der Waals surface area contributed by atoms with Gasteiger partial charge in [-0.1, -0.05) is 170 Å². The topological polar surface area (TPSA) is 145 Å². The summed E-state index contributed by atoms with van der Waals surface area (Å²) in [5, 5.41) is 0. The lowest BCUT2D eigenvalue weighted by molar-refractivity contribution is -0.368. The van der Waals surface area contributed by atoms with E-state index in [9.17, 15) is 9.59 Å². The number of methoxy groups -OCH3 is 2. The summed E-state index contributed by atoms with van der Waals surface area (Å²) < 4.78 is 79.3. The first-order chi connectivity index (χ1) is 37.9. The first kappa shape index (κ1) is 54.7. The van der Waals surface area contributed by atoms with E-state index in [4.69, 9.17) is 56.8 Å². The van der Waals surface area contributed by atoms with Gasteiger partial charge in [0, 0.05) is 7.11 Å². The van der Waals surface area contributed by atoms with Crippen LogP contribution in [0.4, 0.5) is 0 Å². The Hall–Kier alpha value is -7.08. The van der Waals surface area contributed by atoms with Crippen LogP contribution in [-0.2, 0) is 85.1 Å². The molecule has 2 aliphatic rings. The van der Waals surface area contributed by atoms with E-state index in [1.54, 1.807) is 67.8 Å². The summed E-state index contributed by atoms with van der Waals surface area (Å²) in [5.41, 5.74) is 5.03. The molecule has 0 saturated carbocycles. The fraction of sp³-hybridized carbons (Fsp3) is 0.302. The SMILES string of the molecule is COc1ccc(COC[C@H]2O[C@@H](OC)[C@H](OC(=O)c3ccccc3)[C@@H](OC(=O)c3ccccc3)[C@@H]2O[C@H]2O[C@H](COCc3ccccc3)[C@@H](OCc3ccccc3)[C@H](OCc3ccccc3)[C@H]2OCc2ccccc2)cc1. The van der Waals surface area contributed by atoms with Crippen LogP contribution in [0.25, 0.3) is 0 Å². The molecule has 7 aromatic rings. The molecule has 0 N–H and O–H groups in total.